The van der Waals surface area contributed by atoms with Gasteiger partial charge in [0.1, 0.15) is 17.9 Å². The number of halogens is 1. The van der Waals surface area contributed by atoms with Gasteiger partial charge < -0.3 is 29.2 Å². The second-order valence-corrected chi connectivity index (χ2v) is 10.1. The van der Waals surface area contributed by atoms with E-state index in [1.807, 2.05) is 23.7 Å². The quantitative estimate of drug-likeness (QED) is 0.367. The lowest BCUT2D eigenvalue weighted by atomic mass is 10.0. The predicted octanol–water partition coefficient (Wildman–Crippen LogP) is 3.61. The summed E-state index contributed by atoms with van der Waals surface area (Å²) >= 11 is 0. The number of carboxylic acid groups (broad SMARTS) is 1. The van der Waals surface area contributed by atoms with Gasteiger partial charge in [0.25, 0.3) is 5.91 Å². The Morgan fingerprint density at radius 2 is 2.11 bits per heavy atom. The van der Waals surface area contributed by atoms with E-state index in [4.69, 9.17) is 19.8 Å². The Kier molecular flexibility index (Phi) is 5.93. The number of amides is 2. The number of alkyl halides is 1. The Labute approximate surface area is 218 Å². The third-order valence-corrected chi connectivity index (χ3v) is 7.48. The van der Waals surface area contributed by atoms with Gasteiger partial charge in [0.2, 0.25) is 0 Å². The Morgan fingerprint density at radius 1 is 1.29 bits per heavy atom. The van der Waals surface area contributed by atoms with Crippen molar-refractivity contribution in [3.8, 4) is 17.3 Å². The van der Waals surface area contributed by atoms with Crippen LogP contribution in [0.2, 0.25) is 0 Å². The van der Waals surface area contributed by atoms with Crippen LogP contribution in [0.5, 0.6) is 5.75 Å². The number of para-hydroxylation sites is 1. The number of aromatic nitrogens is 4. The van der Waals surface area contributed by atoms with Gasteiger partial charge >= 0.3 is 6.09 Å². The van der Waals surface area contributed by atoms with Crippen LogP contribution in [0.25, 0.3) is 33.6 Å². The van der Waals surface area contributed by atoms with Gasteiger partial charge in [-0.05, 0) is 37.0 Å². The van der Waals surface area contributed by atoms with Crippen molar-refractivity contribution in [2.24, 2.45) is 13.0 Å². The topological polar surface area (TPSA) is 115 Å². The second kappa shape index (κ2) is 9.30. The number of nitrogens with zero attached hydrogens (tertiary/aromatic N) is 5. The number of pyridine rings is 1. The molecule has 6 rings (SSSR count). The highest BCUT2D eigenvalue weighted by molar-refractivity contribution is 5.99. The van der Waals surface area contributed by atoms with Crippen molar-refractivity contribution in [3.63, 3.8) is 0 Å². The summed E-state index contributed by atoms with van der Waals surface area (Å²) in [5, 5.41) is 12.1. The molecule has 2 amide bonds. The first kappa shape index (κ1) is 24.2. The molecule has 38 heavy (non-hydrogen) atoms. The second-order valence-electron chi connectivity index (χ2n) is 10.1. The number of rotatable bonds is 8. The Balaban J connectivity index is 1.40. The molecule has 2 N–H and O–H groups in total. The molecule has 1 aliphatic carbocycles. The standard InChI is InChI=1S/C27H29FN6O4/c1-32-24-20(11-18-19(30-24)8-9-33(26(18)35)14-17(12-28)29-27(36)37)31-25(32)21-10-16-4-3-5-22(38-2)23(16)34(21)13-15-6-7-15/h3-5,10-11,15,17,29H,6-9,12-14H2,1-2H3,(H,36,37). The summed E-state index contributed by atoms with van der Waals surface area (Å²) in [6.07, 6.45) is 1.57. The average molecular weight is 521 g/mol. The van der Waals surface area contributed by atoms with E-state index >= 15 is 0 Å². The van der Waals surface area contributed by atoms with E-state index in [1.54, 1.807) is 13.2 Å². The first-order valence-corrected chi connectivity index (χ1v) is 12.8. The summed E-state index contributed by atoms with van der Waals surface area (Å²) in [7, 11) is 3.61. The highest BCUT2D eigenvalue weighted by Crippen LogP contribution is 2.39. The highest BCUT2D eigenvalue weighted by atomic mass is 19.1. The van der Waals surface area contributed by atoms with Gasteiger partial charge in [-0.3, -0.25) is 4.79 Å². The number of benzene rings is 1. The van der Waals surface area contributed by atoms with Crippen molar-refractivity contribution in [2.75, 3.05) is 26.9 Å². The SMILES string of the molecule is COc1cccc2cc(-c3nc4cc5c(nc4n3C)CCN(CC(CF)NC(=O)O)C5=O)n(CC3CC3)c12. The van der Waals surface area contributed by atoms with Crippen LogP contribution in [0, 0.1) is 5.92 Å². The molecule has 11 heteroatoms. The Bertz CT molecular complexity index is 1570. The van der Waals surface area contributed by atoms with E-state index in [0.29, 0.717) is 41.3 Å². The molecule has 198 valence electrons. The number of imidazole rings is 1. The molecule has 1 unspecified atom stereocenters. The van der Waals surface area contributed by atoms with Gasteiger partial charge in [-0.25, -0.2) is 19.2 Å². The fraction of sp³-hybridized carbons (Fsp3) is 0.407. The van der Waals surface area contributed by atoms with Crippen LogP contribution in [-0.4, -0.2) is 74.0 Å². The lowest BCUT2D eigenvalue weighted by Gasteiger charge is -2.30. The minimum atomic E-state index is -1.32. The smallest absolute Gasteiger partial charge is 0.405 e. The Hall–Kier alpha value is -4.15. The van der Waals surface area contributed by atoms with Crippen molar-refractivity contribution in [2.45, 2.75) is 31.8 Å². The zero-order chi connectivity index (χ0) is 26.6. The van der Waals surface area contributed by atoms with E-state index in [9.17, 15) is 14.0 Å². The van der Waals surface area contributed by atoms with Crippen LogP contribution in [0.4, 0.5) is 9.18 Å². The van der Waals surface area contributed by atoms with Gasteiger partial charge in [-0.1, -0.05) is 12.1 Å². The van der Waals surface area contributed by atoms with Crippen LogP contribution in [0.15, 0.2) is 30.3 Å². The molecule has 4 aromatic rings. The number of carbonyl (C=O) groups is 2. The van der Waals surface area contributed by atoms with Crippen LogP contribution < -0.4 is 10.1 Å². The number of aryl methyl sites for hydroxylation is 1. The van der Waals surface area contributed by atoms with Crippen LogP contribution in [0.3, 0.4) is 0 Å². The van der Waals surface area contributed by atoms with Crippen LogP contribution >= 0.6 is 0 Å². The molecule has 0 spiro atoms. The van der Waals surface area contributed by atoms with E-state index in [2.05, 4.69) is 22.0 Å². The molecule has 1 saturated carbocycles. The molecule has 0 saturated heterocycles. The number of fused-ring (bicyclic) bond motifs is 3. The summed E-state index contributed by atoms with van der Waals surface area (Å²) in [6.45, 7) is 0.265. The first-order valence-electron chi connectivity index (χ1n) is 12.8. The number of hydrogen-bond donors (Lipinski definition) is 2. The monoisotopic (exact) mass is 520 g/mol. The largest absolute Gasteiger partial charge is 0.495 e. The van der Waals surface area contributed by atoms with Crippen molar-refractivity contribution in [3.05, 3.63) is 41.6 Å². The van der Waals surface area contributed by atoms with Gasteiger partial charge in [0, 0.05) is 38.5 Å². The molecule has 1 aliphatic heterocycles. The number of hydrogen-bond acceptors (Lipinski definition) is 5. The van der Waals surface area contributed by atoms with Crippen molar-refractivity contribution >= 4 is 34.1 Å². The number of methoxy groups -OCH3 is 1. The molecular formula is C27H29FN6O4. The molecule has 1 fully saturated rings. The van der Waals surface area contributed by atoms with E-state index < -0.39 is 18.8 Å². The van der Waals surface area contributed by atoms with Crippen LogP contribution in [0.1, 0.15) is 28.9 Å². The number of ether oxygens (including phenoxy) is 1. The lowest BCUT2D eigenvalue weighted by Crippen LogP contribution is -2.48. The summed E-state index contributed by atoms with van der Waals surface area (Å²) in [6, 6.07) is 8.91. The summed E-state index contributed by atoms with van der Waals surface area (Å²) in [4.78, 5) is 35.4. The van der Waals surface area contributed by atoms with Gasteiger partial charge in [-0.2, -0.15) is 0 Å². The van der Waals surface area contributed by atoms with Gasteiger partial charge in [0.05, 0.1) is 35.6 Å². The summed E-state index contributed by atoms with van der Waals surface area (Å²) in [5.74, 6) is 1.89. The van der Waals surface area contributed by atoms with E-state index in [1.165, 1.54) is 17.7 Å². The molecule has 0 bridgehead atoms. The minimum Gasteiger partial charge on any atom is -0.495 e. The fourth-order valence-corrected chi connectivity index (χ4v) is 5.40. The molecule has 0 radical (unpaired) electrons. The zero-order valence-corrected chi connectivity index (χ0v) is 21.3. The highest BCUT2D eigenvalue weighted by Gasteiger charge is 2.31. The third-order valence-electron chi connectivity index (χ3n) is 7.48. The molecule has 2 aliphatic rings. The average Bonchev–Trinajstić information content (AvgIpc) is 3.58. The maximum absolute atomic E-state index is 13.4. The van der Waals surface area contributed by atoms with Gasteiger partial charge in [-0.15, -0.1) is 0 Å². The minimum absolute atomic E-state index is 0.0459. The molecule has 4 heterocycles. The molecular weight excluding hydrogens is 491 g/mol. The maximum atomic E-state index is 13.4. The molecule has 1 atom stereocenters. The number of carbonyl (C=O) groups excluding carboxylic acids is 1. The normalized spacial score (nSPS) is 16.2. The van der Waals surface area contributed by atoms with Gasteiger partial charge in [0.15, 0.2) is 11.5 Å². The fourth-order valence-electron chi connectivity index (χ4n) is 5.40. The number of nitrogens with one attached hydrogen (secondary N) is 1. The molecule has 3 aromatic heterocycles. The molecule has 10 nitrogen and oxygen atoms in total. The first-order chi connectivity index (χ1) is 18.4. The lowest BCUT2D eigenvalue weighted by molar-refractivity contribution is 0.0712. The maximum Gasteiger partial charge on any atom is 0.405 e. The Morgan fingerprint density at radius 3 is 2.82 bits per heavy atom. The summed E-state index contributed by atoms with van der Waals surface area (Å²) in [5.41, 5.74) is 4.37. The zero-order valence-electron chi connectivity index (χ0n) is 21.3. The van der Waals surface area contributed by atoms with Crippen molar-refractivity contribution in [1.29, 1.82) is 0 Å². The van der Waals surface area contributed by atoms with Crippen molar-refractivity contribution in [1.82, 2.24) is 29.3 Å². The predicted molar refractivity (Wildman–Crippen MR) is 139 cm³/mol. The third kappa shape index (κ3) is 4.11. The van der Waals surface area contributed by atoms with Crippen LogP contribution in [-0.2, 0) is 20.0 Å². The van der Waals surface area contributed by atoms with E-state index in [0.717, 1.165) is 34.7 Å². The summed E-state index contributed by atoms with van der Waals surface area (Å²) < 4.78 is 23.3. The van der Waals surface area contributed by atoms with Crippen molar-refractivity contribution < 1.29 is 23.8 Å². The molecule has 1 aromatic carbocycles. The van der Waals surface area contributed by atoms with E-state index in [-0.39, 0.29) is 12.5 Å².